The van der Waals surface area contributed by atoms with E-state index in [1.54, 1.807) is 7.11 Å². The molecule has 3 aliphatic rings. The van der Waals surface area contributed by atoms with Gasteiger partial charge in [0.2, 0.25) is 0 Å². The lowest BCUT2D eigenvalue weighted by atomic mass is 9.85. The van der Waals surface area contributed by atoms with E-state index >= 15 is 0 Å². The molecule has 0 saturated carbocycles. The van der Waals surface area contributed by atoms with Crippen LogP contribution in [-0.4, -0.2) is 48.1 Å². The molecule has 0 unspecified atom stereocenters. The molecule has 3 aliphatic heterocycles. The van der Waals surface area contributed by atoms with Crippen LogP contribution in [-0.2, 0) is 11.3 Å². The lowest BCUT2D eigenvalue weighted by Gasteiger charge is -2.42. The Labute approximate surface area is 151 Å². The third-order valence-corrected chi connectivity index (χ3v) is 6.34. The van der Waals surface area contributed by atoms with E-state index in [0.29, 0.717) is 30.6 Å². The van der Waals surface area contributed by atoms with E-state index in [9.17, 15) is 4.79 Å². The Bertz CT molecular complexity index is 580. The fourth-order valence-electron chi connectivity index (χ4n) is 5.06. The van der Waals surface area contributed by atoms with Crippen LogP contribution in [0.25, 0.3) is 0 Å². The number of carbonyl (C=O) groups is 1. The highest BCUT2D eigenvalue weighted by Gasteiger charge is 2.44. The van der Waals surface area contributed by atoms with E-state index in [0.717, 1.165) is 25.9 Å². The summed E-state index contributed by atoms with van der Waals surface area (Å²) in [7, 11) is 1.74. The average Bonchev–Trinajstić information content (AvgIpc) is 2.92. The van der Waals surface area contributed by atoms with Gasteiger partial charge in [-0.2, -0.15) is 0 Å². The highest BCUT2D eigenvalue weighted by Crippen LogP contribution is 2.43. The first kappa shape index (κ1) is 16.9. The van der Waals surface area contributed by atoms with Crippen molar-refractivity contribution in [3.05, 3.63) is 35.4 Å². The minimum atomic E-state index is 0.320. The lowest BCUT2D eigenvalue weighted by molar-refractivity contribution is 0.0991. The van der Waals surface area contributed by atoms with E-state index in [4.69, 9.17) is 4.74 Å². The summed E-state index contributed by atoms with van der Waals surface area (Å²) < 4.78 is 5.21. The van der Waals surface area contributed by atoms with Crippen LogP contribution in [0, 0.1) is 0 Å². The summed E-state index contributed by atoms with van der Waals surface area (Å²) in [5, 5.41) is 0. The molecule has 2 bridgehead atoms. The second-order valence-corrected chi connectivity index (χ2v) is 7.97. The van der Waals surface area contributed by atoms with Gasteiger partial charge in [-0.05, 0) is 62.0 Å². The Morgan fingerprint density at radius 1 is 1.04 bits per heavy atom. The number of likely N-dealkylation sites (tertiary alicyclic amines) is 1. The Morgan fingerprint density at radius 3 is 2.28 bits per heavy atom. The van der Waals surface area contributed by atoms with Gasteiger partial charge in [-0.3, -0.25) is 0 Å². The van der Waals surface area contributed by atoms with Crippen LogP contribution in [0.3, 0.4) is 0 Å². The van der Waals surface area contributed by atoms with Gasteiger partial charge >= 0.3 is 6.03 Å². The number of benzene rings is 1. The average molecular weight is 342 g/mol. The Kier molecular flexibility index (Phi) is 4.98. The third-order valence-electron chi connectivity index (χ3n) is 6.34. The number of nitrogens with zero attached hydrogens (tertiary/aromatic N) is 2. The van der Waals surface area contributed by atoms with Crippen LogP contribution < -0.4 is 0 Å². The number of methoxy groups -OCH3 is 1. The van der Waals surface area contributed by atoms with E-state index in [1.165, 1.54) is 43.2 Å². The monoisotopic (exact) mass is 342 g/mol. The van der Waals surface area contributed by atoms with Gasteiger partial charge in [-0.25, -0.2) is 4.79 Å². The van der Waals surface area contributed by atoms with Gasteiger partial charge in [0.1, 0.15) is 0 Å². The highest BCUT2D eigenvalue weighted by atomic mass is 16.5. The summed E-state index contributed by atoms with van der Waals surface area (Å²) in [5.74, 6) is 0.597. The van der Waals surface area contributed by atoms with Gasteiger partial charge in [-0.1, -0.05) is 24.3 Å². The van der Waals surface area contributed by atoms with Gasteiger partial charge < -0.3 is 14.5 Å². The Morgan fingerprint density at radius 2 is 1.68 bits per heavy atom. The molecule has 0 radical (unpaired) electrons. The first-order valence-corrected chi connectivity index (χ1v) is 9.91. The second kappa shape index (κ2) is 7.36. The Balaban J connectivity index is 1.43. The molecule has 1 aromatic carbocycles. The maximum absolute atomic E-state index is 13.0. The first-order valence-electron chi connectivity index (χ1n) is 9.91. The number of amides is 2. The normalized spacial score (nSPS) is 29.1. The number of piperidine rings is 2. The molecule has 4 nitrogen and oxygen atoms in total. The topological polar surface area (TPSA) is 32.8 Å². The predicted molar refractivity (Wildman–Crippen MR) is 98.6 cm³/mol. The number of ether oxygens (including phenoxy) is 1. The summed E-state index contributed by atoms with van der Waals surface area (Å²) >= 11 is 0. The van der Waals surface area contributed by atoms with Crippen LogP contribution in [0.5, 0.6) is 0 Å². The molecule has 0 aliphatic carbocycles. The van der Waals surface area contributed by atoms with E-state index in [1.807, 2.05) is 0 Å². The van der Waals surface area contributed by atoms with Crippen LogP contribution in [0.15, 0.2) is 24.3 Å². The minimum absolute atomic E-state index is 0.320. The molecule has 25 heavy (non-hydrogen) atoms. The summed E-state index contributed by atoms with van der Waals surface area (Å²) in [6.45, 7) is 2.59. The van der Waals surface area contributed by atoms with Crippen molar-refractivity contribution in [1.82, 2.24) is 9.80 Å². The number of carbonyl (C=O) groups excluding carboxylic acids is 1. The zero-order chi connectivity index (χ0) is 17.2. The van der Waals surface area contributed by atoms with Crippen molar-refractivity contribution in [1.29, 1.82) is 0 Å². The molecule has 4 rings (SSSR count). The van der Waals surface area contributed by atoms with Gasteiger partial charge in [-0.15, -0.1) is 0 Å². The lowest BCUT2D eigenvalue weighted by Crippen LogP contribution is -2.53. The highest BCUT2D eigenvalue weighted by molar-refractivity contribution is 5.76. The predicted octanol–water partition coefficient (Wildman–Crippen LogP) is 4.15. The number of fused-ring (bicyclic) bond motifs is 2. The molecule has 3 heterocycles. The fourth-order valence-corrected chi connectivity index (χ4v) is 5.06. The molecule has 3 fully saturated rings. The van der Waals surface area contributed by atoms with E-state index < -0.39 is 0 Å². The van der Waals surface area contributed by atoms with Gasteiger partial charge in [0.05, 0.1) is 6.61 Å². The molecule has 0 spiro atoms. The minimum Gasteiger partial charge on any atom is -0.380 e. The third kappa shape index (κ3) is 3.41. The molecular formula is C21H30N2O2. The van der Waals surface area contributed by atoms with Crippen molar-refractivity contribution >= 4 is 6.03 Å². The molecule has 0 aromatic heterocycles. The van der Waals surface area contributed by atoms with Crippen LogP contribution >= 0.6 is 0 Å². The quantitative estimate of drug-likeness (QED) is 0.827. The number of urea groups is 1. The van der Waals surface area contributed by atoms with E-state index in [2.05, 4.69) is 34.1 Å². The zero-order valence-corrected chi connectivity index (χ0v) is 15.3. The molecular weight excluding hydrogens is 312 g/mol. The van der Waals surface area contributed by atoms with Crippen LogP contribution in [0.2, 0.25) is 0 Å². The van der Waals surface area contributed by atoms with Crippen molar-refractivity contribution in [2.75, 3.05) is 20.2 Å². The number of rotatable bonds is 3. The van der Waals surface area contributed by atoms with Crippen molar-refractivity contribution in [3.8, 4) is 0 Å². The summed E-state index contributed by atoms with van der Waals surface area (Å²) in [6, 6.07) is 10.1. The maximum Gasteiger partial charge on any atom is 0.320 e. The summed E-state index contributed by atoms with van der Waals surface area (Å²) in [4.78, 5) is 17.4. The van der Waals surface area contributed by atoms with Crippen molar-refractivity contribution in [2.24, 2.45) is 0 Å². The van der Waals surface area contributed by atoms with E-state index in [-0.39, 0.29) is 0 Å². The SMILES string of the molecule is COCc1ccc([C@H]2C[C@H]3CC[C@@H](C2)N3C(=O)N2CCCCC2)cc1. The molecule has 3 atom stereocenters. The molecule has 136 valence electrons. The summed E-state index contributed by atoms with van der Waals surface area (Å²) in [6.07, 6.45) is 8.24. The molecule has 1 aromatic rings. The maximum atomic E-state index is 13.0. The van der Waals surface area contributed by atoms with Gasteiger partial charge in [0, 0.05) is 32.3 Å². The largest absolute Gasteiger partial charge is 0.380 e. The van der Waals surface area contributed by atoms with Crippen molar-refractivity contribution in [2.45, 2.75) is 69.6 Å². The van der Waals surface area contributed by atoms with Gasteiger partial charge in [0.25, 0.3) is 0 Å². The van der Waals surface area contributed by atoms with Crippen LogP contribution in [0.4, 0.5) is 4.79 Å². The smallest absolute Gasteiger partial charge is 0.320 e. The number of hydrogen-bond acceptors (Lipinski definition) is 2. The molecule has 4 heteroatoms. The van der Waals surface area contributed by atoms with Crippen molar-refractivity contribution < 1.29 is 9.53 Å². The summed E-state index contributed by atoms with van der Waals surface area (Å²) in [5.41, 5.74) is 2.66. The second-order valence-electron chi connectivity index (χ2n) is 7.97. The Hall–Kier alpha value is -1.55. The standard InChI is InChI=1S/C21H30N2O2/c1-25-15-16-5-7-17(8-6-16)18-13-19-9-10-20(14-18)23(19)21(24)22-11-3-2-4-12-22/h5-8,18-20H,2-4,9-15H2,1H3/t18-,19+,20-. The van der Waals surface area contributed by atoms with Gasteiger partial charge in [0.15, 0.2) is 0 Å². The molecule has 2 amide bonds. The first-order chi connectivity index (χ1) is 12.3. The fraction of sp³-hybridized carbons (Fsp3) is 0.667. The molecule has 3 saturated heterocycles. The van der Waals surface area contributed by atoms with Crippen LogP contribution in [0.1, 0.15) is 62.0 Å². The van der Waals surface area contributed by atoms with Crippen molar-refractivity contribution in [3.63, 3.8) is 0 Å². The zero-order valence-electron chi connectivity index (χ0n) is 15.3. The number of hydrogen-bond donors (Lipinski definition) is 0. The molecule has 0 N–H and O–H groups in total.